The Hall–Kier alpha value is -2.71. The molecule has 0 aliphatic rings. The third kappa shape index (κ3) is 4.72. The predicted molar refractivity (Wildman–Crippen MR) is 105 cm³/mol. The van der Waals surface area contributed by atoms with Crippen molar-refractivity contribution >= 4 is 32.7 Å². The SMILES string of the molecule is CC(C)(C)NS(=O)(=O)c1ccc(NC(=O)Cc2c[nH]c3ccccc23)nc1. The van der Waals surface area contributed by atoms with Gasteiger partial charge in [-0.1, -0.05) is 18.2 Å². The van der Waals surface area contributed by atoms with Crippen LogP contribution in [0.5, 0.6) is 0 Å². The maximum atomic E-state index is 12.3. The molecule has 2 aromatic heterocycles. The minimum absolute atomic E-state index is 0.0482. The average Bonchev–Trinajstić information content (AvgIpc) is 2.96. The Bertz CT molecular complexity index is 1060. The number of nitrogens with one attached hydrogen (secondary N) is 3. The number of carbonyl (C=O) groups is 1. The van der Waals surface area contributed by atoms with Gasteiger partial charge in [0.1, 0.15) is 10.7 Å². The number of pyridine rings is 1. The Morgan fingerprint density at radius 1 is 1.15 bits per heavy atom. The number of fused-ring (bicyclic) bond motifs is 1. The number of benzene rings is 1. The van der Waals surface area contributed by atoms with Crippen molar-refractivity contribution < 1.29 is 13.2 Å². The highest BCUT2D eigenvalue weighted by Crippen LogP contribution is 2.19. The molecule has 1 aromatic carbocycles. The zero-order valence-corrected chi connectivity index (χ0v) is 16.2. The summed E-state index contributed by atoms with van der Waals surface area (Å²) < 4.78 is 27.1. The molecule has 2 heterocycles. The number of para-hydroxylation sites is 1. The summed E-state index contributed by atoms with van der Waals surface area (Å²) in [5.41, 5.74) is 1.27. The van der Waals surface area contributed by atoms with Gasteiger partial charge in [0.2, 0.25) is 15.9 Å². The predicted octanol–water partition coefficient (Wildman–Crippen LogP) is 2.82. The van der Waals surface area contributed by atoms with Crippen LogP contribution < -0.4 is 10.0 Å². The van der Waals surface area contributed by atoms with Gasteiger partial charge in [-0.25, -0.2) is 18.1 Å². The first-order valence-electron chi connectivity index (χ1n) is 8.49. The van der Waals surface area contributed by atoms with Gasteiger partial charge in [-0.3, -0.25) is 4.79 Å². The van der Waals surface area contributed by atoms with Gasteiger partial charge in [-0.15, -0.1) is 0 Å². The number of H-pyrrole nitrogens is 1. The molecule has 1 amide bonds. The Labute approximate surface area is 158 Å². The molecule has 3 aromatic rings. The van der Waals surface area contributed by atoms with Gasteiger partial charge in [-0.05, 0) is 44.5 Å². The maximum absolute atomic E-state index is 12.3. The van der Waals surface area contributed by atoms with Gasteiger partial charge < -0.3 is 10.3 Å². The van der Waals surface area contributed by atoms with Gasteiger partial charge in [-0.2, -0.15) is 0 Å². The number of hydrogen-bond acceptors (Lipinski definition) is 4. The molecular formula is C19H22N4O3S. The Morgan fingerprint density at radius 3 is 2.56 bits per heavy atom. The zero-order chi connectivity index (χ0) is 19.7. The van der Waals surface area contributed by atoms with Gasteiger partial charge >= 0.3 is 0 Å². The Morgan fingerprint density at radius 2 is 1.89 bits per heavy atom. The Kier molecular flexibility index (Phi) is 5.03. The van der Waals surface area contributed by atoms with Crippen LogP contribution in [-0.2, 0) is 21.2 Å². The van der Waals surface area contributed by atoms with Crippen molar-refractivity contribution in [1.82, 2.24) is 14.7 Å². The second-order valence-electron chi connectivity index (χ2n) is 7.32. The van der Waals surface area contributed by atoms with Crippen LogP contribution in [0.15, 0.2) is 53.7 Å². The van der Waals surface area contributed by atoms with Crippen molar-refractivity contribution in [3.8, 4) is 0 Å². The molecule has 3 rings (SSSR count). The highest BCUT2D eigenvalue weighted by atomic mass is 32.2. The smallest absolute Gasteiger partial charge is 0.242 e. The number of sulfonamides is 1. The highest BCUT2D eigenvalue weighted by molar-refractivity contribution is 7.89. The number of hydrogen-bond donors (Lipinski definition) is 3. The summed E-state index contributed by atoms with van der Waals surface area (Å²) >= 11 is 0. The van der Waals surface area contributed by atoms with E-state index in [1.807, 2.05) is 30.5 Å². The summed E-state index contributed by atoms with van der Waals surface area (Å²) in [5, 5.41) is 3.69. The number of aromatic nitrogens is 2. The van der Waals surface area contributed by atoms with Crippen LogP contribution in [0.4, 0.5) is 5.82 Å². The summed E-state index contributed by atoms with van der Waals surface area (Å²) in [7, 11) is -3.66. The highest BCUT2D eigenvalue weighted by Gasteiger charge is 2.22. The van der Waals surface area contributed by atoms with Crippen LogP contribution in [0.3, 0.4) is 0 Å². The van der Waals surface area contributed by atoms with E-state index >= 15 is 0 Å². The number of carbonyl (C=O) groups excluding carboxylic acids is 1. The van der Waals surface area contributed by atoms with E-state index in [9.17, 15) is 13.2 Å². The number of anilines is 1. The number of nitrogens with zero attached hydrogens (tertiary/aromatic N) is 1. The van der Waals surface area contributed by atoms with Gasteiger partial charge in [0.05, 0.1) is 6.42 Å². The fourth-order valence-electron chi connectivity index (χ4n) is 2.71. The summed E-state index contributed by atoms with van der Waals surface area (Å²) in [6.45, 7) is 5.28. The first kappa shape index (κ1) is 19.1. The summed E-state index contributed by atoms with van der Waals surface area (Å²) in [5.74, 6) is 0.0743. The largest absolute Gasteiger partial charge is 0.361 e. The van der Waals surface area contributed by atoms with Crippen molar-refractivity contribution in [2.24, 2.45) is 0 Å². The van der Waals surface area contributed by atoms with Crippen molar-refractivity contribution in [2.75, 3.05) is 5.32 Å². The van der Waals surface area contributed by atoms with E-state index in [2.05, 4.69) is 20.0 Å². The lowest BCUT2D eigenvalue weighted by Gasteiger charge is -2.20. The number of aromatic amines is 1. The quantitative estimate of drug-likeness (QED) is 0.627. The standard InChI is InChI=1S/C19H22N4O3S/c1-19(2,3)23-27(25,26)14-8-9-17(21-12-14)22-18(24)10-13-11-20-16-7-5-4-6-15(13)16/h4-9,11-12,20,23H,10H2,1-3H3,(H,21,22,24). The topological polar surface area (TPSA) is 104 Å². The van der Waals surface area contributed by atoms with Crippen molar-refractivity contribution in [3.05, 3.63) is 54.4 Å². The fourth-order valence-corrected chi connectivity index (χ4v) is 4.08. The summed E-state index contributed by atoms with van der Waals surface area (Å²) in [4.78, 5) is 19.5. The lowest BCUT2D eigenvalue weighted by Crippen LogP contribution is -2.40. The summed E-state index contributed by atoms with van der Waals surface area (Å²) in [6.07, 6.45) is 3.23. The molecule has 27 heavy (non-hydrogen) atoms. The van der Waals surface area contributed by atoms with Gasteiger partial charge in [0, 0.05) is 28.8 Å². The molecule has 0 unspecified atom stereocenters. The van der Waals surface area contributed by atoms with Crippen LogP contribution in [0.2, 0.25) is 0 Å². The normalized spacial score (nSPS) is 12.3. The molecule has 8 heteroatoms. The number of rotatable bonds is 5. The van der Waals surface area contributed by atoms with E-state index in [-0.39, 0.29) is 17.2 Å². The van der Waals surface area contributed by atoms with E-state index in [0.29, 0.717) is 5.82 Å². The molecule has 0 saturated carbocycles. The molecule has 7 nitrogen and oxygen atoms in total. The maximum Gasteiger partial charge on any atom is 0.242 e. The van der Waals surface area contributed by atoms with Crippen LogP contribution in [0.1, 0.15) is 26.3 Å². The van der Waals surface area contributed by atoms with Crippen LogP contribution in [0.25, 0.3) is 10.9 Å². The van der Waals surface area contributed by atoms with Gasteiger partial charge in [0.15, 0.2) is 0 Å². The number of amides is 1. The van der Waals surface area contributed by atoms with E-state index in [1.54, 1.807) is 20.8 Å². The molecule has 142 valence electrons. The van der Waals surface area contributed by atoms with Crippen molar-refractivity contribution in [3.63, 3.8) is 0 Å². The molecule has 0 bridgehead atoms. The lowest BCUT2D eigenvalue weighted by atomic mass is 10.1. The van der Waals surface area contributed by atoms with E-state index in [1.165, 1.54) is 18.3 Å². The Balaban J connectivity index is 1.68. The van der Waals surface area contributed by atoms with Crippen molar-refractivity contribution in [2.45, 2.75) is 37.6 Å². The van der Waals surface area contributed by atoms with E-state index in [4.69, 9.17) is 0 Å². The zero-order valence-electron chi connectivity index (χ0n) is 15.4. The third-order valence-electron chi connectivity index (χ3n) is 3.78. The molecule has 0 fully saturated rings. The molecule has 3 N–H and O–H groups in total. The van der Waals surface area contributed by atoms with Crippen molar-refractivity contribution in [1.29, 1.82) is 0 Å². The third-order valence-corrected chi connectivity index (χ3v) is 5.52. The summed E-state index contributed by atoms with van der Waals surface area (Å²) in [6, 6.07) is 10.6. The monoisotopic (exact) mass is 386 g/mol. The molecule has 0 aliphatic carbocycles. The van der Waals surface area contributed by atoms with Crippen LogP contribution in [-0.4, -0.2) is 29.8 Å². The second-order valence-corrected chi connectivity index (χ2v) is 9.00. The first-order chi connectivity index (χ1) is 12.6. The van der Waals surface area contributed by atoms with Crippen LogP contribution >= 0.6 is 0 Å². The second kappa shape index (κ2) is 7.13. The fraction of sp³-hybridized carbons (Fsp3) is 0.263. The van der Waals surface area contributed by atoms with Crippen LogP contribution in [0, 0.1) is 0 Å². The minimum Gasteiger partial charge on any atom is -0.361 e. The first-order valence-corrected chi connectivity index (χ1v) is 9.97. The molecule has 0 atom stereocenters. The molecule has 0 saturated heterocycles. The lowest BCUT2D eigenvalue weighted by molar-refractivity contribution is -0.115. The molecule has 0 radical (unpaired) electrons. The molecule has 0 aliphatic heterocycles. The van der Waals surface area contributed by atoms with E-state index in [0.717, 1.165) is 16.5 Å². The molecule has 0 spiro atoms. The van der Waals surface area contributed by atoms with E-state index < -0.39 is 15.6 Å². The average molecular weight is 386 g/mol. The molecular weight excluding hydrogens is 364 g/mol. The minimum atomic E-state index is -3.66. The van der Waals surface area contributed by atoms with Gasteiger partial charge in [0.25, 0.3) is 0 Å².